The molecular formula is C23H25N3O4S. The quantitative estimate of drug-likeness (QED) is 0.572. The normalized spacial score (nSPS) is 15.6. The van der Waals surface area contributed by atoms with E-state index in [0.29, 0.717) is 39.1 Å². The maximum Gasteiger partial charge on any atom is 0.244 e. The van der Waals surface area contributed by atoms with Gasteiger partial charge in [-0.25, -0.2) is 8.42 Å². The summed E-state index contributed by atoms with van der Waals surface area (Å²) in [5, 5.41) is 5.16. The number of rotatable bonds is 7. The highest BCUT2D eigenvalue weighted by molar-refractivity contribution is 7.89. The SMILES string of the molecule is O=C(NCCOc1ccc2ccccc2c1)C1CCN(S(=O)(=O)c2cccnc2)CC1. The van der Waals surface area contributed by atoms with E-state index in [9.17, 15) is 13.2 Å². The van der Waals surface area contributed by atoms with Crippen molar-refractivity contribution in [1.82, 2.24) is 14.6 Å². The van der Waals surface area contributed by atoms with E-state index >= 15 is 0 Å². The van der Waals surface area contributed by atoms with Gasteiger partial charge in [-0.1, -0.05) is 30.3 Å². The van der Waals surface area contributed by atoms with E-state index < -0.39 is 10.0 Å². The monoisotopic (exact) mass is 439 g/mol. The Kier molecular flexibility index (Phi) is 6.48. The molecule has 31 heavy (non-hydrogen) atoms. The number of carbonyl (C=O) groups is 1. The highest BCUT2D eigenvalue weighted by Gasteiger charge is 2.32. The van der Waals surface area contributed by atoms with Crippen LogP contribution in [0.4, 0.5) is 0 Å². The lowest BCUT2D eigenvalue weighted by atomic mass is 9.97. The zero-order valence-corrected chi connectivity index (χ0v) is 17.9. The third kappa shape index (κ3) is 5.03. The van der Waals surface area contributed by atoms with E-state index in [2.05, 4.69) is 10.3 Å². The van der Waals surface area contributed by atoms with Crippen molar-refractivity contribution in [3.05, 3.63) is 67.0 Å². The van der Waals surface area contributed by atoms with Crippen molar-refractivity contribution < 1.29 is 17.9 Å². The van der Waals surface area contributed by atoms with Crippen LogP contribution in [0.1, 0.15) is 12.8 Å². The van der Waals surface area contributed by atoms with Gasteiger partial charge in [0.05, 0.1) is 6.54 Å². The molecule has 4 rings (SSSR count). The van der Waals surface area contributed by atoms with Crippen LogP contribution in [-0.4, -0.2) is 49.9 Å². The van der Waals surface area contributed by atoms with Crippen molar-refractivity contribution in [2.45, 2.75) is 17.7 Å². The number of aromatic nitrogens is 1. The number of nitrogens with one attached hydrogen (secondary N) is 1. The summed E-state index contributed by atoms with van der Waals surface area (Å²) in [5.74, 6) is 0.517. The number of nitrogens with zero attached hydrogens (tertiary/aromatic N) is 2. The molecular weight excluding hydrogens is 414 g/mol. The van der Waals surface area contributed by atoms with Gasteiger partial charge in [0.1, 0.15) is 17.3 Å². The lowest BCUT2D eigenvalue weighted by Crippen LogP contribution is -2.43. The molecule has 1 saturated heterocycles. The number of pyridine rings is 1. The molecule has 1 N–H and O–H groups in total. The van der Waals surface area contributed by atoms with Gasteiger partial charge in [-0.15, -0.1) is 0 Å². The zero-order valence-electron chi connectivity index (χ0n) is 17.1. The van der Waals surface area contributed by atoms with Crippen molar-refractivity contribution in [1.29, 1.82) is 0 Å². The fourth-order valence-corrected chi connectivity index (χ4v) is 5.19. The number of fused-ring (bicyclic) bond motifs is 1. The van der Waals surface area contributed by atoms with Gasteiger partial charge in [-0.3, -0.25) is 9.78 Å². The van der Waals surface area contributed by atoms with Crippen LogP contribution in [0.15, 0.2) is 71.9 Å². The molecule has 8 heteroatoms. The van der Waals surface area contributed by atoms with Crippen LogP contribution in [0, 0.1) is 5.92 Å². The summed E-state index contributed by atoms with van der Waals surface area (Å²) in [6.45, 7) is 1.42. The van der Waals surface area contributed by atoms with Crippen molar-refractivity contribution in [3.8, 4) is 5.75 Å². The maximum absolute atomic E-state index is 12.7. The molecule has 1 aliphatic rings. The summed E-state index contributed by atoms with van der Waals surface area (Å²) in [6, 6.07) is 17.1. The second-order valence-corrected chi connectivity index (χ2v) is 9.45. The molecule has 0 spiro atoms. The minimum Gasteiger partial charge on any atom is -0.492 e. The Morgan fingerprint density at radius 1 is 1.06 bits per heavy atom. The van der Waals surface area contributed by atoms with Crippen LogP contribution in [-0.2, 0) is 14.8 Å². The maximum atomic E-state index is 12.7. The third-order valence-electron chi connectivity index (χ3n) is 5.49. The summed E-state index contributed by atoms with van der Waals surface area (Å²) in [6.07, 6.45) is 3.89. The first kappa shape index (κ1) is 21.3. The van der Waals surface area contributed by atoms with E-state index in [4.69, 9.17) is 4.74 Å². The number of amides is 1. The molecule has 0 atom stereocenters. The smallest absolute Gasteiger partial charge is 0.244 e. The van der Waals surface area contributed by atoms with Crippen LogP contribution in [0.5, 0.6) is 5.75 Å². The number of benzene rings is 2. The van der Waals surface area contributed by atoms with Crippen molar-refractivity contribution in [2.75, 3.05) is 26.2 Å². The van der Waals surface area contributed by atoms with Gasteiger partial charge >= 0.3 is 0 Å². The largest absolute Gasteiger partial charge is 0.492 e. The van der Waals surface area contributed by atoms with Gasteiger partial charge in [-0.2, -0.15) is 4.31 Å². The average Bonchev–Trinajstić information content (AvgIpc) is 2.82. The Bertz CT molecular complexity index is 1140. The predicted molar refractivity (Wildman–Crippen MR) is 118 cm³/mol. The molecule has 2 heterocycles. The van der Waals surface area contributed by atoms with Crippen LogP contribution >= 0.6 is 0 Å². The average molecular weight is 440 g/mol. The molecule has 1 amide bonds. The van der Waals surface area contributed by atoms with Crippen LogP contribution in [0.25, 0.3) is 10.8 Å². The van der Waals surface area contributed by atoms with Gasteiger partial charge in [0, 0.05) is 31.4 Å². The molecule has 0 radical (unpaired) electrons. The second kappa shape index (κ2) is 9.45. The molecule has 0 unspecified atom stereocenters. The van der Waals surface area contributed by atoms with E-state index in [0.717, 1.165) is 16.5 Å². The number of carbonyl (C=O) groups excluding carboxylic acids is 1. The Balaban J connectivity index is 1.22. The van der Waals surface area contributed by atoms with E-state index in [1.807, 2.05) is 42.5 Å². The second-order valence-electron chi connectivity index (χ2n) is 7.52. The first-order chi connectivity index (χ1) is 15.0. The zero-order chi connectivity index (χ0) is 21.7. The number of ether oxygens (including phenoxy) is 1. The fraction of sp³-hybridized carbons (Fsp3) is 0.304. The number of hydrogen-bond acceptors (Lipinski definition) is 5. The summed E-state index contributed by atoms with van der Waals surface area (Å²) >= 11 is 0. The third-order valence-corrected chi connectivity index (χ3v) is 7.37. The Labute approximate surface area is 182 Å². The van der Waals surface area contributed by atoms with Crippen molar-refractivity contribution in [2.24, 2.45) is 5.92 Å². The highest BCUT2D eigenvalue weighted by atomic mass is 32.2. The summed E-state index contributed by atoms with van der Waals surface area (Å²) in [7, 11) is -3.56. The molecule has 7 nitrogen and oxygen atoms in total. The van der Waals surface area contributed by atoms with Crippen LogP contribution in [0.3, 0.4) is 0 Å². The minimum absolute atomic E-state index is 0.0551. The lowest BCUT2D eigenvalue weighted by molar-refractivity contribution is -0.126. The first-order valence-corrected chi connectivity index (χ1v) is 11.8. The minimum atomic E-state index is -3.56. The van der Waals surface area contributed by atoms with Gasteiger partial charge in [-0.05, 0) is 47.9 Å². The molecule has 1 fully saturated rings. The van der Waals surface area contributed by atoms with Gasteiger partial charge in [0.15, 0.2) is 0 Å². The molecule has 2 aromatic carbocycles. The molecule has 1 aromatic heterocycles. The molecule has 0 saturated carbocycles. The summed E-state index contributed by atoms with van der Waals surface area (Å²) in [4.78, 5) is 16.5. The molecule has 0 aliphatic carbocycles. The Morgan fingerprint density at radius 3 is 2.58 bits per heavy atom. The number of hydrogen-bond donors (Lipinski definition) is 1. The standard InChI is InChI=1S/C23H25N3O4S/c27-23(25-12-15-30-21-8-7-18-4-1-2-5-20(18)16-21)19-9-13-26(14-10-19)31(28,29)22-6-3-11-24-17-22/h1-8,11,16-17,19H,9-10,12-15H2,(H,25,27). The fourth-order valence-electron chi connectivity index (χ4n) is 3.75. The molecule has 3 aromatic rings. The van der Waals surface area contributed by atoms with E-state index in [-0.39, 0.29) is 16.7 Å². The Hall–Kier alpha value is -2.97. The van der Waals surface area contributed by atoms with Crippen molar-refractivity contribution >= 4 is 26.7 Å². The lowest BCUT2D eigenvalue weighted by Gasteiger charge is -2.30. The van der Waals surface area contributed by atoms with E-state index in [1.54, 1.807) is 12.3 Å². The Morgan fingerprint density at radius 2 is 1.84 bits per heavy atom. The molecule has 0 bridgehead atoms. The molecule has 162 valence electrons. The van der Waals surface area contributed by atoms with E-state index in [1.165, 1.54) is 16.6 Å². The van der Waals surface area contributed by atoms with Gasteiger partial charge in [0.2, 0.25) is 15.9 Å². The van der Waals surface area contributed by atoms with Crippen LogP contribution in [0.2, 0.25) is 0 Å². The number of sulfonamides is 1. The van der Waals surface area contributed by atoms with Crippen molar-refractivity contribution in [3.63, 3.8) is 0 Å². The first-order valence-electron chi connectivity index (χ1n) is 10.3. The van der Waals surface area contributed by atoms with Gasteiger partial charge < -0.3 is 10.1 Å². The predicted octanol–water partition coefficient (Wildman–Crippen LogP) is 2.83. The van der Waals surface area contributed by atoms with Crippen LogP contribution < -0.4 is 10.1 Å². The summed E-state index contributed by atoms with van der Waals surface area (Å²) in [5.41, 5.74) is 0. The topological polar surface area (TPSA) is 88.6 Å². The highest BCUT2D eigenvalue weighted by Crippen LogP contribution is 2.24. The number of piperidine rings is 1. The molecule has 1 aliphatic heterocycles. The van der Waals surface area contributed by atoms with Gasteiger partial charge in [0.25, 0.3) is 0 Å². The summed E-state index contributed by atoms with van der Waals surface area (Å²) < 4.78 is 32.5.